The number of likely N-dealkylation sites (tertiary alicyclic amines) is 1. The van der Waals surface area contributed by atoms with Crippen LogP contribution in [0.3, 0.4) is 0 Å². The summed E-state index contributed by atoms with van der Waals surface area (Å²) in [5.41, 5.74) is 1.88. The third-order valence-electron chi connectivity index (χ3n) is 5.00. The van der Waals surface area contributed by atoms with Gasteiger partial charge in [-0.05, 0) is 56.5 Å². The van der Waals surface area contributed by atoms with Crippen molar-refractivity contribution in [3.8, 4) is 0 Å². The van der Waals surface area contributed by atoms with Gasteiger partial charge in [0.1, 0.15) is 0 Å². The van der Waals surface area contributed by atoms with Crippen molar-refractivity contribution < 1.29 is 0 Å². The van der Waals surface area contributed by atoms with Crippen LogP contribution in [0.2, 0.25) is 0 Å². The van der Waals surface area contributed by atoms with E-state index in [-0.39, 0.29) is 0 Å². The molecule has 1 nitrogen and oxygen atoms in total. The highest BCUT2D eigenvalue weighted by molar-refractivity contribution is 9.10. The van der Waals surface area contributed by atoms with Crippen LogP contribution in [0.5, 0.6) is 0 Å². The Kier molecular flexibility index (Phi) is 4.28. The van der Waals surface area contributed by atoms with E-state index in [2.05, 4.69) is 45.1 Å². The second kappa shape index (κ2) is 5.97. The monoisotopic (exact) mass is 321 g/mol. The highest BCUT2D eigenvalue weighted by atomic mass is 79.9. The summed E-state index contributed by atoms with van der Waals surface area (Å²) in [5, 5.41) is 0. The Morgan fingerprint density at radius 2 is 1.58 bits per heavy atom. The first kappa shape index (κ1) is 13.6. The number of piperidine rings is 1. The van der Waals surface area contributed by atoms with Gasteiger partial charge >= 0.3 is 0 Å². The SMILES string of the molecule is Brc1cccc(C2(N3CCCCC3)CCCCC2)c1. The number of benzene rings is 1. The number of hydrogen-bond donors (Lipinski definition) is 0. The molecule has 1 saturated carbocycles. The maximum absolute atomic E-state index is 3.66. The van der Waals surface area contributed by atoms with Crippen molar-refractivity contribution in [2.75, 3.05) is 13.1 Å². The Labute approximate surface area is 125 Å². The summed E-state index contributed by atoms with van der Waals surface area (Å²) in [7, 11) is 0. The van der Waals surface area contributed by atoms with Gasteiger partial charge < -0.3 is 0 Å². The number of hydrogen-bond acceptors (Lipinski definition) is 1. The molecule has 2 aliphatic rings. The molecule has 0 N–H and O–H groups in total. The van der Waals surface area contributed by atoms with Gasteiger partial charge in [0.25, 0.3) is 0 Å². The van der Waals surface area contributed by atoms with E-state index in [1.165, 1.54) is 68.9 Å². The largest absolute Gasteiger partial charge is 0.294 e. The standard InChI is InChI=1S/C17H24BrN/c18-16-9-7-8-15(14-16)17(10-3-1-4-11-17)19-12-5-2-6-13-19/h7-9,14H,1-6,10-13H2. The molecule has 1 aliphatic carbocycles. The van der Waals surface area contributed by atoms with E-state index in [4.69, 9.17) is 0 Å². The number of halogens is 1. The van der Waals surface area contributed by atoms with Crippen LogP contribution in [0.25, 0.3) is 0 Å². The fourth-order valence-corrected chi connectivity index (χ4v) is 4.42. The van der Waals surface area contributed by atoms with Gasteiger partial charge in [-0.2, -0.15) is 0 Å². The van der Waals surface area contributed by atoms with E-state index in [1.54, 1.807) is 5.56 Å². The van der Waals surface area contributed by atoms with Crippen molar-refractivity contribution in [2.45, 2.75) is 56.9 Å². The van der Waals surface area contributed by atoms with Crippen molar-refractivity contribution in [3.05, 3.63) is 34.3 Å². The number of rotatable bonds is 2. The molecule has 0 bridgehead atoms. The van der Waals surface area contributed by atoms with Gasteiger partial charge in [-0.15, -0.1) is 0 Å². The van der Waals surface area contributed by atoms with Crippen LogP contribution in [-0.4, -0.2) is 18.0 Å². The van der Waals surface area contributed by atoms with Crippen molar-refractivity contribution in [1.29, 1.82) is 0 Å². The van der Waals surface area contributed by atoms with Crippen LogP contribution in [-0.2, 0) is 5.54 Å². The molecule has 2 heteroatoms. The molecule has 104 valence electrons. The van der Waals surface area contributed by atoms with E-state index >= 15 is 0 Å². The average molecular weight is 322 g/mol. The molecule has 1 heterocycles. The minimum absolute atomic E-state index is 0.336. The van der Waals surface area contributed by atoms with Gasteiger partial charge in [-0.25, -0.2) is 0 Å². The highest BCUT2D eigenvalue weighted by Crippen LogP contribution is 2.44. The van der Waals surface area contributed by atoms with Crippen LogP contribution in [0, 0.1) is 0 Å². The molecule has 1 aromatic carbocycles. The zero-order valence-corrected chi connectivity index (χ0v) is 13.3. The third kappa shape index (κ3) is 2.75. The molecule has 1 aliphatic heterocycles. The molecule has 0 radical (unpaired) electrons. The van der Waals surface area contributed by atoms with E-state index in [9.17, 15) is 0 Å². The van der Waals surface area contributed by atoms with Crippen molar-refractivity contribution in [1.82, 2.24) is 4.90 Å². The third-order valence-corrected chi connectivity index (χ3v) is 5.50. The fourth-order valence-electron chi connectivity index (χ4n) is 4.02. The first-order chi connectivity index (χ1) is 9.31. The van der Waals surface area contributed by atoms with Gasteiger partial charge in [0.05, 0.1) is 0 Å². The maximum Gasteiger partial charge on any atom is 0.0461 e. The van der Waals surface area contributed by atoms with Crippen LogP contribution in [0.15, 0.2) is 28.7 Å². The predicted octanol–water partition coefficient (Wildman–Crippen LogP) is 5.09. The maximum atomic E-state index is 3.66. The van der Waals surface area contributed by atoms with Crippen molar-refractivity contribution in [2.24, 2.45) is 0 Å². The second-order valence-corrected chi connectivity index (χ2v) is 7.07. The molecule has 19 heavy (non-hydrogen) atoms. The van der Waals surface area contributed by atoms with Gasteiger partial charge in [-0.1, -0.05) is 53.7 Å². The van der Waals surface area contributed by atoms with Crippen molar-refractivity contribution in [3.63, 3.8) is 0 Å². The minimum atomic E-state index is 0.336. The highest BCUT2D eigenvalue weighted by Gasteiger charge is 2.39. The van der Waals surface area contributed by atoms with Crippen LogP contribution < -0.4 is 0 Å². The van der Waals surface area contributed by atoms with Crippen LogP contribution in [0.4, 0.5) is 0 Å². The summed E-state index contributed by atoms with van der Waals surface area (Å²) in [5.74, 6) is 0. The first-order valence-corrected chi connectivity index (χ1v) is 8.62. The van der Waals surface area contributed by atoms with Crippen LogP contribution in [0.1, 0.15) is 56.9 Å². The summed E-state index contributed by atoms with van der Waals surface area (Å²) in [6.45, 7) is 2.60. The lowest BCUT2D eigenvalue weighted by Crippen LogP contribution is -2.49. The molecule has 0 spiro atoms. The fraction of sp³-hybridized carbons (Fsp3) is 0.647. The van der Waals surface area contributed by atoms with E-state index in [0.717, 1.165) is 0 Å². The Morgan fingerprint density at radius 1 is 0.895 bits per heavy atom. The topological polar surface area (TPSA) is 3.24 Å². The lowest BCUT2D eigenvalue weighted by Gasteiger charge is -2.49. The van der Waals surface area contributed by atoms with Gasteiger partial charge in [0, 0.05) is 10.0 Å². The molecule has 1 saturated heterocycles. The van der Waals surface area contributed by atoms with Gasteiger partial charge in [0.15, 0.2) is 0 Å². The zero-order chi connectivity index (χ0) is 13.1. The predicted molar refractivity (Wildman–Crippen MR) is 84.3 cm³/mol. The first-order valence-electron chi connectivity index (χ1n) is 7.82. The minimum Gasteiger partial charge on any atom is -0.294 e. The van der Waals surface area contributed by atoms with Crippen molar-refractivity contribution >= 4 is 15.9 Å². The molecular formula is C17H24BrN. The van der Waals surface area contributed by atoms with E-state index in [1.807, 2.05) is 0 Å². The molecular weight excluding hydrogens is 298 g/mol. The van der Waals surface area contributed by atoms with Gasteiger partial charge in [0.2, 0.25) is 0 Å². The van der Waals surface area contributed by atoms with E-state index < -0.39 is 0 Å². The Bertz CT molecular complexity index is 417. The smallest absolute Gasteiger partial charge is 0.0461 e. The second-order valence-electron chi connectivity index (χ2n) is 6.15. The molecule has 0 atom stereocenters. The zero-order valence-electron chi connectivity index (χ0n) is 11.7. The Balaban J connectivity index is 1.95. The molecule has 0 unspecified atom stereocenters. The molecule has 0 aromatic heterocycles. The molecule has 0 amide bonds. The molecule has 2 fully saturated rings. The molecule has 3 rings (SSSR count). The normalized spacial score (nSPS) is 24.3. The Hall–Kier alpha value is -0.340. The summed E-state index contributed by atoms with van der Waals surface area (Å²) in [6, 6.07) is 9.07. The number of nitrogens with zero attached hydrogens (tertiary/aromatic N) is 1. The van der Waals surface area contributed by atoms with Crippen LogP contribution >= 0.6 is 15.9 Å². The summed E-state index contributed by atoms with van der Waals surface area (Å²) in [4.78, 5) is 2.80. The van der Waals surface area contributed by atoms with Gasteiger partial charge in [-0.3, -0.25) is 4.90 Å². The average Bonchev–Trinajstić information content (AvgIpc) is 2.49. The Morgan fingerprint density at radius 3 is 2.26 bits per heavy atom. The lowest BCUT2D eigenvalue weighted by atomic mass is 9.74. The quantitative estimate of drug-likeness (QED) is 0.733. The van der Waals surface area contributed by atoms with E-state index in [0.29, 0.717) is 5.54 Å². The summed E-state index contributed by atoms with van der Waals surface area (Å²) < 4.78 is 1.23. The summed E-state index contributed by atoms with van der Waals surface area (Å²) in [6.07, 6.45) is 11.1. The lowest BCUT2D eigenvalue weighted by molar-refractivity contribution is 0.0303. The molecule has 1 aromatic rings. The summed E-state index contributed by atoms with van der Waals surface area (Å²) >= 11 is 3.66.